The highest BCUT2D eigenvalue weighted by Crippen LogP contribution is 2.24. The summed E-state index contributed by atoms with van der Waals surface area (Å²) in [6.07, 6.45) is -0.220. The maximum Gasteiger partial charge on any atom is 0.407 e. The largest absolute Gasteiger partial charge is 0.465 e. The third kappa shape index (κ3) is 6.26. The molecule has 0 saturated carbocycles. The molecule has 2 atom stereocenters. The maximum atomic E-state index is 13.0. The Kier molecular flexibility index (Phi) is 7.75. The molecular weight excluding hydrogens is 420 g/mol. The van der Waals surface area contributed by atoms with E-state index in [0.717, 1.165) is 16.0 Å². The van der Waals surface area contributed by atoms with E-state index < -0.39 is 29.7 Å². The summed E-state index contributed by atoms with van der Waals surface area (Å²) in [7, 11) is 0. The van der Waals surface area contributed by atoms with Gasteiger partial charge in [-0.15, -0.1) is 0 Å². The summed E-state index contributed by atoms with van der Waals surface area (Å²) < 4.78 is 26.0. The molecular formula is C23H25F2N3O4. The predicted octanol–water partition coefficient (Wildman–Crippen LogP) is 2.21. The second-order valence-electron chi connectivity index (χ2n) is 7.74. The van der Waals surface area contributed by atoms with Gasteiger partial charge in [0, 0.05) is 26.2 Å². The lowest BCUT2D eigenvalue weighted by Gasteiger charge is -2.17. The zero-order chi connectivity index (χ0) is 23.1. The number of hydrogen-bond donors (Lipinski definition) is 3. The highest BCUT2D eigenvalue weighted by Gasteiger charge is 2.43. The Balaban J connectivity index is 1.53. The van der Waals surface area contributed by atoms with Gasteiger partial charge in [-0.05, 0) is 48.2 Å². The van der Waals surface area contributed by atoms with Gasteiger partial charge in [-0.25, -0.2) is 13.6 Å². The molecule has 3 N–H and O–H groups in total. The minimum Gasteiger partial charge on any atom is -0.465 e. The first kappa shape index (κ1) is 23.2. The van der Waals surface area contributed by atoms with Crippen LogP contribution in [0.3, 0.4) is 0 Å². The lowest BCUT2D eigenvalue weighted by molar-refractivity contribution is -0.132. The highest BCUT2D eigenvalue weighted by molar-refractivity contribution is 5.89. The number of carbonyl (C=O) groups is 3. The molecule has 1 heterocycles. The Labute approximate surface area is 184 Å². The van der Waals surface area contributed by atoms with E-state index in [1.54, 1.807) is 24.3 Å². The second-order valence-corrected chi connectivity index (χ2v) is 7.74. The lowest BCUT2D eigenvalue weighted by atomic mass is 9.94. The molecule has 170 valence electrons. The predicted molar refractivity (Wildman–Crippen MR) is 113 cm³/mol. The van der Waals surface area contributed by atoms with E-state index in [-0.39, 0.29) is 37.8 Å². The van der Waals surface area contributed by atoms with Gasteiger partial charge < -0.3 is 20.6 Å². The van der Waals surface area contributed by atoms with Crippen molar-refractivity contribution < 1.29 is 28.3 Å². The summed E-state index contributed by atoms with van der Waals surface area (Å²) in [6.45, 7) is 0.446. The average molecular weight is 445 g/mol. The molecule has 3 rings (SSSR count). The van der Waals surface area contributed by atoms with Crippen LogP contribution < -0.4 is 10.6 Å². The third-order valence-electron chi connectivity index (χ3n) is 5.52. The van der Waals surface area contributed by atoms with E-state index in [1.807, 2.05) is 0 Å². The van der Waals surface area contributed by atoms with E-state index in [2.05, 4.69) is 10.6 Å². The zero-order valence-electron chi connectivity index (χ0n) is 17.4. The molecule has 0 radical (unpaired) electrons. The van der Waals surface area contributed by atoms with Crippen molar-refractivity contribution in [2.45, 2.75) is 12.8 Å². The fourth-order valence-corrected chi connectivity index (χ4v) is 3.72. The number of halogens is 2. The number of rotatable bonds is 8. The highest BCUT2D eigenvalue weighted by atomic mass is 19.1. The molecule has 0 bridgehead atoms. The van der Waals surface area contributed by atoms with Crippen LogP contribution in [0.2, 0.25) is 0 Å². The number of nitrogens with zero attached hydrogens (tertiary/aromatic N) is 1. The van der Waals surface area contributed by atoms with E-state index in [9.17, 15) is 28.3 Å². The first-order valence-electron chi connectivity index (χ1n) is 10.4. The summed E-state index contributed by atoms with van der Waals surface area (Å²) in [4.78, 5) is 37.8. The normalized spacial score (nSPS) is 17.8. The van der Waals surface area contributed by atoms with Gasteiger partial charge in [0.25, 0.3) is 0 Å². The van der Waals surface area contributed by atoms with Gasteiger partial charge >= 0.3 is 6.09 Å². The van der Waals surface area contributed by atoms with Crippen LogP contribution in [-0.4, -0.2) is 54.1 Å². The topological polar surface area (TPSA) is 98.7 Å². The summed E-state index contributed by atoms with van der Waals surface area (Å²) in [5, 5.41) is 14.8. The van der Waals surface area contributed by atoms with Gasteiger partial charge in [-0.2, -0.15) is 0 Å². The van der Waals surface area contributed by atoms with Crippen LogP contribution in [0.5, 0.6) is 0 Å². The van der Waals surface area contributed by atoms with Gasteiger partial charge in [0.15, 0.2) is 0 Å². The molecule has 9 heteroatoms. The van der Waals surface area contributed by atoms with Gasteiger partial charge in [-0.3, -0.25) is 9.59 Å². The van der Waals surface area contributed by atoms with Crippen molar-refractivity contribution in [2.75, 3.05) is 26.2 Å². The van der Waals surface area contributed by atoms with Gasteiger partial charge in [0.2, 0.25) is 11.8 Å². The molecule has 1 aliphatic rings. The molecule has 2 unspecified atom stereocenters. The number of benzene rings is 2. The van der Waals surface area contributed by atoms with E-state index in [4.69, 9.17) is 0 Å². The first-order chi connectivity index (χ1) is 15.3. The molecule has 3 amide bonds. The number of amides is 3. The van der Waals surface area contributed by atoms with E-state index >= 15 is 0 Å². The molecule has 0 aromatic heterocycles. The number of likely N-dealkylation sites (tertiary alicyclic amines) is 1. The van der Waals surface area contributed by atoms with Crippen LogP contribution in [0.4, 0.5) is 13.6 Å². The minimum atomic E-state index is -1.18. The summed E-state index contributed by atoms with van der Waals surface area (Å²) in [6, 6.07) is 11.9. The molecule has 1 aliphatic heterocycles. The van der Waals surface area contributed by atoms with Crippen LogP contribution in [0.25, 0.3) is 0 Å². The average Bonchev–Trinajstić information content (AvgIpc) is 3.22. The van der Waals surface area contributed by atoms with Crippen molar-refractivity contribution >= 4 is 17.9 Å². The Morgan fingerprint density at radius 1 is 0.781 bits per heavy atom. The summed E-state index contributed by atoms with van der Waals surface area (Å²) in [5.41, 5.74) is 1.70. The summed E-state index contributed by atoms with van der Waals surface area (Å²) >= 11 is 0. The molecule has 7 nitrogen and oxygen atoms in total. The van der Waals surface area contributed by atoms with Crippen molar-refractivity contribution in [3.63, 3.8) is 0 Å². The molecule has 1 fully saturated rings. The maximum absolute atomic E-state index is 13.0. The molecule has 32 heavy (non-hydrogen) atoms. The minimum absolute atomic E-state index is 0.0617. The fourth-order valence-electron chi connectivity index (χ4n) is 3.72. The number of carbonyl (C=O) groups excluding carboxylic acids is 2. The lowest BCUT2D eigenvalue weighted by Crippen LogP contribution is -2.42. The summed E-state index contributed by atoms with van der Waals surface area (Å²) in [5.74, 6) is -3.07. The van der Waals surface area contributed by atoms with Gasteiger partial charge in [0.05, 0.1) is 11.8 Å². The molecule has 0 aliphatic carbocycles. The second kappa shape index (κ2) is 10.7. The number of hydrogen-bond acceptors (Lipinski definition) is 3. The fraction of sp³-hybridized carbons (Fsp3) is 0.348. The third-order valence-corrected chi connectivity index (χ3v) is 5.52. The smallest absolute Gasteiger partial charge is 0.407 e. The van der Waals surface area contributed by atoms with E-state index in [0.29, 0.717) is 12.8 Å². The SMILES string of the molecule is O=C(NCCc1ccc(F)cc1)C1CN(C(=O)O)CC1C(=O)NCCc1ccc(F)cc1. The van der Waals surface area contributed by atoms with Gasteiger partial charge in [0.1, 0.15) is 11.6 Å². The Morgan fingerprint density at radius 3 is 1.50 bits per heavy atom. The molecule has 0 spiro atoms. The van der Waals surface area contributed by atoms with Crippen LogP contribution in [-0.2, 0) is 22.4 Å². The van der Waals surface area contributed by atoms with Crippen LogP contribution >= 0.6 is 0 Å². The Hall–Kier alpha value is -3.49. The van der Waals surface area contributed by atoms with Crippen molar-refractivity contribution in [1.82, 2.24) is 15.5 Å². The Morgan fingerprint density at radius 2 is 1.16 bits per heavy atom. The molecule has 2 aromatic carbocycles. The first-order valence-corrected chi connectivity index (χ1v) is 10.4. The number of carboxylic acid groups (broad SMARTS) is 1. The van der Waals surface area contributed by atoms with Crippen molar-refractivity contribution in [3.8, 4) is 0 Å². The van der Waals surface area contributed by atoms with Gasteiger partial charge in [-0.1, -0.05) is 24.3 Å². The van der Waals surface area contributed by atoms with Crippen molar-refractivity contribution in [1.29, 1.82) is 0 Å². The zero-order valence-corrected chi connectivity index (χ0v) is 17.4. The van der Waals surface area contributed by atoms with E-state index in [1.165, 1.54) is 24.3 Å². The number of nitrogens with one attached hydrogen (secondary N) is 2. The van der Waals surface area contributed by atoms with Crippen molar-refractivity contribution in [3.05, 3.63) is 71.3 Å². The Bertz CT molecular complexity index is 879. The van der Waals surface area contributed by atoms with Crippen LogP contribution in [0, 0.1) is 23.5 Å². The van der Waals surface area contributed by atoms with Crippen LogP contribution in [0.15, 0.2) is 48.5 Å². The van der Waals surface area contributed by atoms with Crippen LogP contribution in [0.1, 0.15) is 11.1 Å². The standard InChI is InChI=1S/C23H25F2N3O4/c24-17-5-1-15(2-6-17)9-11-26-21(29)19-13-28(23(31)32)14-20(19)22(30)27-12-10-16-3-7-18(25)8-4-16/h1-8,19-20H,9-14H2,(H,26,29)(H,27,30)(H,31,32). The quantitative estimate of drug-likeness (QED) is 0.580. The van der Waals surface area contributed by atoms with Crippen molar-refractivity contribution in [2.24, 2.45) is 11.8 Å². The molecule has 2 aromatic rings. The molecule has 1 saturated heterocycles. The monoisotopic (exact) mass is 445 g/mol.